The lowest BCUT2D eigenvalue weighted by Crippen LogP contribution is -2.02. The zero-order valence-corrected chi connectivity index (χ0v) is 8.47. The molecule has 0 aliphatic carbocycles. The standard InChI is InChI=1S/C11H9NO4/c1-6-10(13)9(11(14)15)7(5-12-6)8-3-2-4-16-8/h2-5,13H,1H3,(H,14,15). The molecular formula is C11H9NO4. The smallest absolute Gasteiger partial charge is 0.340 e. The summed E-state index contributed by atoms with van der Waals surface area (Å²) >= 11 is 0. The number of hydrogen-bond donors (Lipinski definition) is 2. The average molecular weight is 219 g/mol. The largest absolute Gasteiger partial charge is 0.505 e. The Kier molecular flexibility index (Phi) is 2.36. The number of hydrogen-bond acceptors (Lipinski definition) is 4. The molecule has 2 N–H and O–H groups in total. The van der Waals surface area contributed by atoms with Crippen LogP contribution in [0.2, 0.25) is 0 Å². The number of aromatic nitrogens is 1. The van der Waals surface area contributed by atoms with E-state index in [0.29, 0.717) is 5.76 Å². The summed E-state index contributed by atoms with van der Waals surface area (Å²) in [4.78, 5) is 15.0. The second-order valence-corrected chi connectivity index (χ2v) is 3.26. The molecule has 0 saturated heterocycles. The quantitative estimate of drug-likeness (QED) is 0.807. The van der Waals surface area contributed by atoms with Gasteiger partial charge in [0, 0.05) is 6.20 Å². The molecule has 5 nitrogen and oxygen atoms in total. The Morgan fingerprint density at radius 1 is 1.50 bits per heavy atom. The number of carbonyl (C=O) groups is 1. The van der Waals surface area contributed by atoms with Crippen molar-refractivity contribution >= 4 is 5.97 Å². The number of aromatic hydroxyl groups is 1. The molecule has 16 heavy (non-hydrogen) atoms. The second kappa shape index (κ2) is 3.69. The maximum Gasteiger partial charge on any atom is 0.340 e. The Labute approximate surface area is 91.0 Å². The van der Waals surface area contributed by atoms with Crippen LogP contribution < -0.4 is 0 Å². The molecule has 0 amide bonds. The van der Waals surface area contributed by atoms with Gasteiger partial charge in [0.1, 0.15) is 11.3 Å². The molecule has 5 heteroatoms. The van der Waals surface area contributed by atoms with Crippen molar-refractivity contribution in [3.8, 4) is 17.1 Å². The van der Waals surface area contributed by atoms with Gasteiger partial charge in [-0.2, -0.15) is 0 Å². The summed E-state index contributed by atoms with van der Waals surface area (Å²) in [6.07, 6.45) is 2.80. The summed E-state index contributed by atoms with van der Waals surface area (Å²) in [5, 5.41) is 18.7. The number of furan rings is 1. The van der Waals surface area contributed by atoms with Crippen molar-refractivity contribution in [3.05, 3.63) is 35.9 Å². The van der Waals surface area contributed by atoms with Crippen LogP contribution in [0.25, 0.3) is 11.3 Å². The molecule has 0 unspecified atom stereocenters. The summed E-state index contributed by atoms with van der Waals surface area (Å²) in [6.45, 7) is 1.54. The van der Waals surface area contributed by atoms with Crippen LogP contribution in [-0.4, -0.2) is 21.2 Å². The van der Waals surface area contributed by atoms with E-state index >= 15 is 0 Å². The molecule has 0 aliphatic rings. The molecule has 0 saturated carbocycles. The molecular weight excluding hydrogens is 210 g/mol. The van der Waals surface area contributed by atoms with Gasteiger partial charge >= 0.3 is 5.97 Å². The molecule has 0 spiro atoms. The van der Waals surface area contributed by atoms with Gasteiger partial charge in [-0.1, -0.05) is 0 Å². The molecule has 0 radical (unpaired) electrons. The third-order valence-electron chi connectivity index (χ3n) is 2.24. The molecule has 2 aromatic rings. The van der Waals surface area contributed by atoms with E-state index in [2.05, 4.69) is 4.98 Å². The van der Waals surface area contributed by atoms with Gasteiger partial charge in [-0.15, -0.1) is 0 Å². The normalized spacial score (nSPS) is 10.3. The van der Waals surface area contributed by atoms with Crippen molar-refractivity contribution in [2.75, 3.05) is 0 Å². The molecule has 0 aliphatic heterocycles. The summed E-state index contributed by atoms with van der Waals surface area (Å²) in [7, 11) is 0. The zero-order valence-electron chi connectivity index (χ0n) is 8.47. The minimum Gasteiger partial charge on any atom is -0.505 e. The van der Waals surface area contributed by atoms with Gasteiger partial charge in [0.25, 0.3) is 0 Å². The molecule has 0 atom stereocenters. The fraction of sp³-hybridized carbons (Fsp3) is 0.0909. The van der Waals surface area contributed by atoms with E-state index < -0.39 is 5.97 Å². The van der Waals surface area contributed by atoms with Crippen LogP contribution in [0.5, 0.6) is 5.75 Å². The first kappa shape index (κ1) is 10.2. The van der Waals surface area contributed by atoms with Crippen LogP contribution in [0.3, 0.4) is 0 Å². The van der Waals surface area contributed by atoms with Crippen molar-refractivity contribution in [1.29, 1.82) is 0 Å². The first-order valence-electron chi connectivity index (χ1n) is 4.57. The lowest BCUT2D eigenvalue weighted by Gasteiger charge is -2.06. The van der Waals surface area contributed by atoms with Crippen LogP contribution in [-0.2, 0) is 0 Å². The predicted molar refractivity (Wildman–Crippen MR) is 55.3 cm³/mol. The van der Waals surface area contributed by atoms with E-state index in [1.807, 2.05) is 0 Å². The molecule has 0 fully saturated rings. The molecule has 2 heterocycles. The summed E-state index contributed by atoms with van der Waals surface area (Å²) < 4.78 is 5.09. The fourth-order valence-corrected chi connectivity index (χ4v) is 1.43. The van der Waals surface area contributed by atoms with E-state index in [4.69, 9.17) is 9.52 Å². The SMILES string of the molecule is Cc1ncc(-c2ccco2)c(C(=O)O)c1O. The van der Waals surface area contributed by atoms with Crippen molar-refractivity contribution in [2.24, 2.45) is 0 Å². The predicted octanol–water partition coefficient (Wildman–Crippen LogP) is 2.05. The zero-order chi connectivity index (χ0) is 11.7. The minimum absolute atomic E-state index is 0.192. The molecule has 0 aromatic carbocycles. The first-order valence-corrected chi connectivity index (χ1v) is 4.57. The second-order valence-electron chi connectivity index (χ2n) is 3.26. The minimum atomic E-state index is -1.21. The van der Waals surface area contributed by atoms with E-state index in [0.717, 1.165) is 0 Å². The molecule has 2 aromatic heterocycles. The lowest BCUT2D eigenvalue weighted by atomic mass is 10.1. The topological polar surface area (TPSA) is 83.6 Å². The van der Waals surface area contributed by atoms with Gasteiger partial charge in [0.05, 0.1) is 17.5 Å². The van der Waals surface area contributed by atoms with Gasteiger partial charge in [-0.25, -0.2) is 4.79 Å². The summed E-state index contributed by atoms with van der Waals surface area (Å²) in [5.41, 5.74) is 0.343. The molecule has 2 rings (SSSR count). The highest BCUT2D eigenvalue weighted by Gasteiger charge is 2.20. The van der Waals surface area contributed by atoms with Gasteiger partial charge in [0.2, 0.25) is 0 Å². The lowest BCUT2D eigenvalue weighted by molar-refractivity contribution is 0.0694. The maximum absolute atomic E-state index is 11.1. The van der Waals surface area contributed by atoms with E-state index in [1.165, 1.54) is 19.4 Å². The highest BCUT2D eigenvalue weighted by atomic mass is 16.4. The molecule has 0 bridgehead atoms. The monoisotopic (exact) mass is 219 g/mol. The number of aromatic carboxylic acids is 1. The summed E-state index contributed by atoms with van der Waals surface area (Å²) in [6, 6.07) is 3.25. The highest BCUT2D eigenvalue weighted by molar-refractivity contribution is 5.98. The highest BCUT2D eigenvalue weighted by Crippen LogP contribution is 2.31. The van der Waals surface area contributed by atoms with Gasteiger partial charge < -0.3 is 14.6 Å². The molecule has 82 valence electrons. The number of aryl methyl sites for hydroxylation is 1. The number of pyridine rings is 1. The Morgan fingerprint density at radius 2 is 2.25 bits per heavy atom. The van der Waals surface area contributed by atoms with E-state index in [9.17, 15) is 9.90 Å². The van der Waals surface area contributed by atoms with Crippen LogP contribution in [0, 0.1) is 6.92 Å². The number of nitrogens with zero attached hydrogens (tertiary/aromatic N) is 1. The van der Waals surface area contributed by atoms with Crippen LogP contribution >= 0.6 is 0 Å². The van der Waals surface area contributed by atoms with Crippen LogP contribution in [0.1, 0.15) is 16.1 Å². The van der Waals surface area contributed by atoms with Gasteiger partial charge in [-0.05, 0) is 19.1 Å². The average Bonchev–Trinajstić information content (AvgIpc) is 2.74. The third-order valence-corrected chi connectivity index (χ3v) is 2.24. The van der Waals surface area contributed by atoms with Crippen molar-refractivity contribution in [3.63, 3.8) is 0 Å². The van der Waals surface area contributed by atoms with E-state index in [-0.39, 0.29) is 22.6 Å². The number of carboxylic acids is 1. The van der Waals surface area contributed by atoms with E-state index in [1.54, 1.807) is 12.1 Å². The first-order chi connectivity index (χ1) is 7.61. The Morgan fingerprint density at radius 3 is 2.81 bits per heavy atom. The third kappa shape index (κ3) is 1.52. The number of rotatable bonds is 2. The van der Waals surface area contributed by atoms with Crippen molar-refractivity contribution in [1.82, 2.24) is 4.98 Å². The van der Waals surface area contributed by atoms with Crippen LogP contribution in [0.15, 0.2) is 29.0 Å². The van der Waals surface area contributed by atoms with Crippen molar-refractivity contribution < 1.29 is 19.4 Å². The fourth-order valence-electron chi connectivity index (χ4n) is 1.43. The Balaban J connectivity index is 2.71. The van der Waals surface area contributed by atoms with Crippen LogP contribution in [0.4, 0.5) is 0 Å². The number of carboxylic acid groups (broad SMARTS) is 1. The van der Waals surface area contributed by atoms with Gasteiger partial charge in [-0.3, -0.25) is 4.98 Å². The van der Waals surface area contributed by atoms with Gasteiger partial charge in [0.15, 0.2) is 5.75 Å². The Hall–Kier alpha value is -2.30. The van der Waals surface area contributed by atoms with Crippen molar-refractivity contribution in [2.45, 2.75) is 6.92 Å². The Bertz CT molecular complexity index is 531. The maximum atomic E-state index is 11.1. The summed E-state index contributed by atoms with van der Waals surface area (Å²) in [5.74, 6) is -1.18.